The third-order valence-corrected chi connectivity index (χ3v) is 6.10. The normalized spacial score (nSPS) is 22.1. The van der Waals surface area contributed by atoms with E-state index >= 15 is 0 Å². The lowest BCUT2D eigenvalue weighted by molar-refractivity contribution is -0.117. The molecule has 0 radical (unpaired) electrons. The Hall–Kier alpha value is -2.28. The zero-order chi connectivity index (χ0) is 19.6. The van der Waals surface area contributed by atoms with Crippen molar-refractivity contribution in [2.45, 2.75) is 50.8 Å². The zero-order valence-corrected chi connectivity index (χ0v) is 18.8. The minimum atomic E-state index is -0.0749. The van der Waals surface area contributed by atoms with E-state index in [0.717, 1.165) is 29.2 Å². The number of benzene rings is 1. The molecule has 6 nitrogen and oxygen atoms in total. The number of hydrogen-bond donors (Lipinski definition) is 2. The van der Waals surface area contributed by atoms with Crippen molar-refractivity contribution in [3.05, 3.63) is 60.6 Å². The van der Waals surface area contributed by atoms with Crippen molar-refractivity contribution in [3.8, 4) is 5.75 Å². The first-order valence-corrected chi connectivity index (χ1v) is 10.5. The molecule has 3 heterocycles. The highest BCUT2D eigenvalue weighted by molar-refractivity contribution is 5.95. The lowest BCUT2D eigenvalue weighted by Gasteiger charge is -2.24. The summed E-state index contributed by atoms with van der Waals surface area (Å²) in [6.45, 7) is 0.405. The molecule has 3 atom stereocenters. The SMILES string of the molecule is Cl.Cl.O=C(Nc1ccc(OCc2cn3ccccc3n2)cc1)C1CC2CCCCC2N1. The maximum atomic E-state index is 12.6. The van der Waals surface area contributed by atoms with Crippen molar-refractivity contribution in [2.24, 2.45) is 5.92 Å². The molecule has 0 spiro atoms. The van der Waals surface area contributed by atoms with Gasteiger partial charge in [-0.15, -0.1) is 24.8 Å². The van der Waals surface area contributed by atoms with Crippen LogP contribution in [0.1, 0.15) is 37.8 Å². The number of ether oxygens (including phenoxy) is 1. The third kappa shape index (κ3) is 5.32. The van der Waals surface area contributed by atoms with Crippen LogP contribution < -0.4 is 15.4 Å². The second-order valence-corrected chi connectivity index (χ2v) is 8.11. The van der Waals surface area contributed by atoms with Gasteiger partial charge in [0.2, 0.25) is 5.91 Å². The average Bonchev–Trinajstić information content (AvgIpc) is 3.37. The fourth-order valence-electron chi connectivity index (χ4n) is 4.60. The van der Waals surface area contributed by atoms with Crippen molar-refractivity contribution < 1.29 is 9.53 Å². The molecule has 3 aromatic rings. The fraction of sp³-hybridized carbons (Fsp3) is 0.391. The molecule has 8 heteroatoms. The van der Waals surface area contributed by atoms with Gasteiger partial charge in [-0.2, -0.15) is 0 Å². The average molecular weight is 463 g/mol. The van der Waals surface area contributed by atoms with Gasteiger partial charge >= 0.3 is 0 Å². The summed E-state index contributed by atoms with van der Waals surface area (Å²) in [6, 6.07) is 13.9. The van der Waals surface area contributed by atoms with Gasteiger partial charge in [0.25, 0.3) is 0 Å². The fourth-order valence-corrected chi connectivity index (χ4v) is 4.60. The van der Waals surface area contributed by atoms with Crippen molar-refractivity contribution in [3.63, 3.8) is 0 Å². The number of rotatable bonds is 5. The number of anilines is 1. The van der Waals surface area contributed by atoms with Gasteiger partial charge in [-0.05, 0) is 61.6 Å². The maximum Gasteiger partial charge on any atom is 0.241 e. The van der Waals surface area contributed by atoms with Crippen LogP contribution >= 0.6 is 24.8 Å². The van der Waals surface area contributed by atoms with E-state index in [1.54, 1.807) is 0 Å². The van der Waals surface area contributed by atoms with E-state index in [1.807, 2.05) is 59.3 Å². The van der Waals surface area contributed by atoms with Crippen LogP contribution in [0.4, 0.5) is 5.69 Å². The van der Waals surface area contributed by atoms with E-state index in [9.17, 15) is 4.79 Å². The summed E-state index contributed by atoms with van der Waals surface area (Å²) in [4.78, 5) is 17.2. The van der Waals surface area contributed by atoms with Gasteiger partial charge in [-0.3, -0.25) is 4.79 Å². The summed E-state index contributed by atoms with van der Waals surface area (Å²) in [5.41, 5.74) is 2.58. The Kier molecular flexibility index (Phi) is 7.81. The van der Waals surface area contributed by atoms with E-state index in [1.165, 1.54) is 25.7 Å². The molecule has 3 unspecified atom stereocenters. The lowest BCUT2D eigenvalue weighted by atomic mass is 9.85. The Bertz CT molecular complexity index is 961. The second kappa shape index (κ2) is 10.4. The standard InChI is InChI=1S/C23H26N4O2.2ClH/c28-23(21-13-16-5-1-2-6-20(16)26-21)25-17-8-10-19(11-9-17)29-15-18-14-27-12-4-3-7-22(27)24-18;;/h3-4,7-12,14,16,20-21,26H,1-2,5-6,13,15H2,(H,25,28);2*1H. The monoisotopic (exact) mass is 462 g/mol. The van der Waals surface area contributed by atoms with E-state index in [2.05, 4.69) is 15.6 Å². The van der Waals surface area contributed by atoms with Gasteiger partial charge in [-0.25, -0.2) is 4.98 Å². The molecular formula is C23H28Cl2N4O2. The van der Waals surface area contributed by atoms with Crippen LogP contribution in [-0.2, 0) is 11.4 Å². The number of carbonyl (C=O) groups excluding carboxylic acids is 1. The van der Waals surface area contributed by atoms with E-state index in [-0.39, 0.29) is 36.8 Å². The molecule has 1 aromatic carbocycles. The smallest absolute Gasteiger partial charge is 0.241 e. The Morgan fingerprint density at radius 2 is 1.94 bits per heavy atom. The number of carbonyl (C=O) groups is 1. The first-order chi connectivity index (χ1) is 14.2. The number of amides is 1. The highest BCUT2D eigenvalue weighted by Gasteiger charge is 2.38. The van der Waals surface area contributed by atoms with E-state index in [4.69, 9.17) is 4.74 Å². The van der Waals surface area contributed by atoms with E-state index < -0.39 is 0 Å². The number of nitrogens with one attached hydrogen (secondary N) is 2. The third-order valence-electron chi connectivity index (χ3n) is 6.10. The molecule has 166 valence electrons. The van der Waals surface area contributed by atoms with Crippen LogP contribution in [0.25, 0.3) is 5.65 Å². The first kappa shape index (κ1) is 23.4. The van der Waals surface area contributed by atoms with Crippen molar-refractivity contribution in [1.82, 2.24) is 14.7 Å². The molecule has 0 bridgehead atoms. The molecule has 1 aliphatic carbocycles. The Labute approximate surface area is 194 Å². The Morgan fingerprint density at radius 3 is 2.71 bits per heavy atom. The number of hydrogen-bond acceptors (Lipinski definition) is 4. The minimum absolute atomic E-state index is 0. The molecule has 2 aliphatic rings. The van der Waals surface area contributed by atoms with Gasteiger partial charge < -0.3 is 19.8 Å². The summed E-state index contributed by atoms with van der Waals surface area (Å²) in [5.74, 6) is 1.48. The number of imidazole rings is 1. The number of halogens is 2. The lowest BCUT2D eigenvalue weighted by Crippen LogP contribution is -2.39. The van der Waals surface area contributed by atoms with Crippen LogP contribution in [0, 0.1) is 5.92 Å². The molecule has 2 fully saturated rings. The molecule has 2 N–H and O–H groups in total. The van der Waals surface area contributed by atoms with E-state index in [0.29, 0.717) is 18.6 Å². The summed E-state index contributed by atoms with van der Waals surface area (Å²) in [5, 5.41) is 6.57. The molecular weight excluding hydrogens is 435 g/mol. The number of pyridine rings is 1. The molecule has 1 saturated heterocycles. The summed E-state index contributed by atoms with van der Waals surface area (Å²) < 4.78 is 7.82. The molecule has 2 aromatic heterocycles. The number of fused-ring (bicyclic) bond motifs is 2. The van der Waals surface area contributed by atoms with Crippen molar-refractivity contribution in [1.29, 1.82) is 0 Å². The quantitative estimate of drug-likeness (QED) is 0.580. The van der Waals surface area contributed by atoms with Crippen LogP contribution in [0.3, 0.4) is 0 Å². The molecule has 1 aliphatic heterocycles. The summed E-state index contributed by atoms with van der Waals surface area (Å²) in [6.07, 6.45) is 9.92. The van der Waals surface area contributed by atoms with Gasteiger partial charge in [0.05, 0.1) is 11.7 Å². The molecule has 1 saturated carbocycles. The predicted molar refractivity (Wildman–Crippen MR) is 126 cm³/mol. The maximum absolute atomic E-state index is 12.6. The minimum Gasteiger partial charge on any atom is -0.487 e. The summed E-state index contributed by atoms with van der Waals surface area (Å²) in [7, 11) is 0. The second-order valence-electron chi connectivity index (χ2n) is 8.11. The largest absolute Gasteiger partial charge is 0.487 e. The highest BCUT2D eigenvalue weighted by atomic mass is 35.5. The molecule has 1 amide bonds. The summed E-state index contributed by atoms with van der Waals surface area (Å²) >= 11 is 0. The highest BCUT2D eigenvalue weighted by Crippen LogP contribution is 2.33. The van der Waals surface area contributed by atoms with Crippen molar-refractivity contribution in [2.75, 3.05) is 5.32 Å². The van der Waals surface area contributed by atoms with Gasteiger partial charge in [0.1, 0.15) is 18.0 Å². The zero-order valence-electron chi connectivity index (χ0n) is 17.2. The molecule has 5 rings (SSSR count). The van der Waals surface area contributed by atoms with Crippen LogP contribution in [0.5, 0.6) is 5.75 Å². The van der Waals surface area contributed by atoms with Crippen LogP contribution in [0.2, 0.25) is 0 Å². The number of aromatic nitrogens is 2. The topological polar surface area (TPSA) is 67.7 Å². The Balaban J connectivity index is 0.00000136. The number of nitrogens with zero attached hydrogens (tertiary/aromatic N) is 2. The molecule has 31 heavy (non-hydrogen) atoms. The Morgan fingerprint density at radius 1 is 1.13 bits per heavy atom. The van der Waals surface area contributed by atoms with Gasteiger partial charge in [0, 0.05) is 24.1 Å². The predicted octanol–water partition coefficient (Wildman–Crippen LogP) is 4.62. The van der Waals surface area contributed by atoms with Gasteiger partial charge in [0.15, 0.2) is 0 Å². The first-order valence-electron chi connectivity index (χ1n) is 10.5. The van der Waals surface area contributed by atoms with Crippen LogP contribution in [0.15, 0.2) is 54.9 Å². The van der Waals surface area contributed by atoms with Gasteiger partial charge in [-0.1, -0.05) is 18.9 Å². The van der Waals surface area contributed by atoms with Crippen LogP contribution in [-0.4, -0.2) is 27.4 Å². The van der Waals surface area contributed by atoms with Crippen molar-refractivity contribution >= 4 is 42.1 Å².